The topological polar surface area (TPSA) is 46.5 Å². The number of hydrogen-bond donors (Lipinski definition) is 1. The summed E-state index contributed by atoms with van der Waals surface area (Å²) in [5.41, 5.74) is 0. The molecule has 0 rings (SSSR count). The summed E-state index contributed by atoms with van der Waals surface area (Å²) >= 11 is 0. The summed E-state index contributed by atoms with van der Waals surface area (Å²) in [6.45, 7) is 1.97. The Kier molecular flexibility index (Phi) is 7.12. The van der Waals surface area contributed by atoms with Gasteiger partial charge in [-0.2, -0.15) is 13.2 Å². The number of aliphatic hydroxyl groups excluding tert-OH is 1. The average molecular weight is 242 g/mol. The summed E-state index contributed by atoms with van der Waals surface area (Å²) in [5, 5.41) is 8.50. The number of alkyl halides is 3. The lowest BCUT2D eigenvalue weighted by molar-refractivity contribution is -0.218. The van der Waals surface area contributed by atoms with Crippen molar-refractivity contribution in [2.45, 2.75) is 51.3 Å². The first-order chi connectivity index (χ1) is 7.39. The third kappa shape index (κ3) is 6.66. The van der Waals surface area contributed by atoms with Crippen molar-refractivity contribution in [1.82, 2.24) is 0 Å². The van der Waals surface area contributed by atoms with Crippen molar-refractivity contribution >= 4 is 5.97 Å². The molecule has 96 valence electrons. The summed E-state index contributed by atoms with van der Waals surface area (Å²) in [6, 6.07) is 0. The highest BCUT2D eigenvalue weighted by molar-refractivity contribution is 5.75. The highest BCUT2D eigenvalue weighted by Crippen LogP contribution is 2.20. The fourth-order valence-corrected chi connectivity index (χ4v) is 1.09. The molecule has 0 aromatic rings. The van der Waals surface area contributed by atoms with Gasteiger partial charge in [0.15, 0.2) is 0 Å². The molecular weight excluding hydrogens is 225 g/mol. The molecule has 0 aliphatic rings. The number of ether oxygens (including phenoxy) is 1. The number of rotatable bonds is 7. The number of esters is 1. The van der Waals surface area contributed by atoms with Crippen LogP contribution in [-0.2, 0) is 9.53 Å². The summed E-state index contributed by atoms with van der Waals surface area (Å²) < 4.78 is 39.8. The van der Waals surface area contributed by atoms with Gasteiger partial charge in [0.2, 0.25) is 6.10 Å². The Hall–Kier alpha value is -0.780. The summed E-state index contributed by atoms with van der Waals surface area (Å²) in [6.07, 6.45) is -3.55. The van der Waals surface area contributed by atoms with Crippen molar-refractivity contribution in [1.29, 1.82) is 0 Å². The van der Waals surface area contributed by atoms with Crippen molar-refractivity contribution in [3.63, 3.8) is 0 Å². The highest BCUT2D eigenvalue weighted by atomic mass is 19.4. The molecule has 0 radical (unpaired) electrons. The Morgan fingerprint density at radius 1 is 1.25 bits per heavy atom. The maximum atomic E-state index is 11.8. The predicted octanol–water partition coefficient (Wildman–Crippen LogP) is 2.42. The van der Waals surface area contributed by atoms with E-state index in [9.17, 15) is 18.0 Å². The third-order valence-electron chi connectivity index (χ3n) is 2.03. The second kappa shape index (κ2) is 7.49. The van der Waals surface area contributed by atoms with Gasteiger partial charge in [0.05, 0.1) is 6.61 Å². The van der Waals surface area contributed by atoms with Crippen LogP contribution in [0.25, 0.3) is 0 Å². The molecule has 0 amide bonds. The third-order valence-corrected chi connectivity index (χ3v) is 2.03. The van der Waals surface area contributed by atoms with Crippen molar-refractivity contribution < 1.29 is 27.8 Å². The summed E-state index contributed by atoms with van der Waals surface area (Å²) in [5.74, 6) is -1.62. The fourth-order valence-electron chi connectivity index (χ4n) is 1.09. The van der Waals surface area contributed by atoms with E-state index in [0.717, 1.165) is 25.7 Å². The van der Waals surface area contributed by atoms with Crippen LogP contribution in [-0.4, -0.2) is 30.0 Å². The molecular formula is C10H17F3O3. The zero-order chi connectivity index (χ0) is 12.6. The molecule has 0 saturated carbocycles. The minimum atomic E-state index is -4.95. The Balaban J connectivity index is 3.58. The van der Waals surface area contributed by atoms with Crippen LogP contribution in [0.3, 0.4) is 0 Å². The van der Waals surface area contributed by atoms with Gasteiger partial charge in [-0.3, -0.25) is 0 Å². The van der Waals surface area contributed by atoms with Crippen LogP contribution >= 0.6 is 0 Å². The van der Waals surface area contributed by atoms with E-state index in [4.69, 9.17) is 5.11 Å². The van der Waals surface area contributed by atoms with E-state index in [0.29, 0.717) is 6.42 Å². The molecule has 6 heteroatoms. The monoisotopic (exact) mass is 242 g/mol. The van der Waals surface area contributed by atoms with Gasteiger partial charge in [-0.05, 0) is 6.42 Å². The number of aliphatic hydroxyl groups is 1. The molecule has 0 bridgehead atoms. The van der Waals surface area contributed by atoms with E-state index >= 15 is 0 Å². The van der Waals surface area contributed by atoms with Crippen LogP contribution in [0.2, 0.25) is 0 Å². The predicted molar refractivity (Wildman–Crippen MR) is 51.8 cm³/mol. The molecule has 0 fully saturated rings. The number of unbranched alkanes of at least 4 members (excludes halogenated alkanes) is 4. The molecule has 1 unspecified atom stereocenters. The Morgan fingerprint density at radius 2 is 1.81 bits per heavy atom. The molecule has 3 nitrogen and oxygen atoms in total. The van der Waals surface area contributed by atoms with Gasteiger partial charge in [0, 0.05) is 0 Å². The molecule has 0 aliphatic carbocycles. The zero-order valence-electron chi connectivity index (χ0n) is 9.22. The van der Waals surface area contributed by atoms with Crippen LogP contribution < -0.4 is 0 Å². The average Bonchev–Trinajstić information content (AvgIpc) is 2.20. The van der Waals surface area contributed by atoms with Crippen molar-refractivity contribution in [2.75, 3.05) is 6.61 Å². The lowest BCUT2D eigenvalue weighted by Gasteiger charge is -2.13. The largest absolute Gasteiger partial charge is 0.464 e. The molecule has 16 heavy (non-hydrogen) atoms. The second-order valence-corrected chi connectivity index (χ2v) is 3.53. The van der Waals surface area contributed by atoms with Crippen molar-refractivity contribution in [3.05, 3.63) is 0 Å². The first-order valence-electron chi connectivity index (χ1n) is 5.31. The van der Waals surface area contributed by atoms with Crippen molar-refractivity contribution in [3.8, 4) is 0 Å². The SMILES string of the molecule is CCCCCCCOC(=O)C(O)C(F)(F)F. The van der Waals surface area contributed by atoms with E-state index in [-0.39, 0.29) is 6.61 Å². The molecule has 0 spiro atoms. The first-order valence-corrected chi connectivity index (χ1v) is 5.31. The maximum absolute atomic E-state index is 11.8. The van der Waals surface area contributed by atoms with Gasteiger partial charge in [-0.15, -0.1) is 0 Å². The zero-order valence-corrected chi connectivity index (χ0v) is 9.22. The van der Waals surface area contributed by atoms with Crippen LogP contribution in [0.5, 0.6) is 0 Å². The highest BCUT2D eigenvalue weighted by Gasteiger charge is 2.44. The Morgan fingerprint density at radius 3 is 2.31 bits per heavy atom. The maximum Gasteiger partial charge on any atom is 0.425 e. The number of hydrogen-bond acceptors (Lipinski definition) is 3. The minimum Gasteiger partial charge on any atom is -0.464 e. The van der Waals surface area contributed by atoms with E-state index in [1.165, 1.54) is 0 Å². The molecule has 0 aromatic heterocycles. The number of carbonyl (C=O) groups is 1. The van der Waals surface area contributed by atoms with Gasteiger partial charge >= 0.3 is 12.1 Å². The molecule has 0 aliphatic heterocycles. The molecule has 0 aromatic carbocycles. The summed E-state index contributed by atoms with van der Waals surface area (Å²) in [4.78, 5) is 10.7. The quantitative estimate of drug-likeness (QED) is 0.551. The Labute approximate surface area is 92.6 Å². The van der Waals surface area contributed by atoms with Gasteiger partial charge in [0.1, 0.15) is 0 Å². The first kappa shape index (κ1) is 15.2. The van der Waals surface area contributed by atoms with Gasteiger partial charge in [0.25, 0.3) is 0 Å². The molecule has 0 heterocycles. The lowest BCUT2D eigenvalue weighted by Crippen LogP contribution is -2.37. The van der Waals surface area contributed by atoms with Gasteiger partial charge in [-0.1, -0.05) is 32.6 Å². The minimum absolute atomic E-state index is 0.0737. The fraction of sp³-hybridized carbons (Fsp3) is 0.900. The van der Waals surface area contributed by atoms with Crippen LogP contribution in [0.15, 0.2) is 0 Å². The molecule has 1 N–H and O–H groups in total. The van der Waals surface area contributed by atoms with Crippen molar-refractivity contribution in [2.24, 2.45) is 0 Å². The summed E-state index contributed by atoms with van der Waals surface area (Å²) in [7, 11) is 0. The Bertz CT molecular complexity index is 204. The van der Waals surface area contributed by atoms with E-state index in [2.05, 4.69) is 4.74 Å². The number of halogens is 3. The second-order valence-electron chi connectivity index (χ2n) is 3.53. The smallest absolute Gasteiger partial charge is 0.425 e. The van der Waals surface area contributed by atoms with E-state index < -0.39 is 18.2 Å². The van der Waals surface area contributed by atoms with Crippen LogP contribution in [0.1, 0.15) is 39.0 Å². The van der Waals surface area contributed by atoms with Crippen LogP contribution in [0, 0.1) is 0 Å². The van der Waals surface area contributed by atoms with E-state index in [1.54, 1.807) is 0 Å². The molecule has 1 atom stereocenters. The standard InChI is InChI=1S/C10H17F3O3/c1-2-3-4-5-6-7-16-9(15)8(14)10(11,12)13/h8,14H,2-7H2,1H3. The normalized spacial score (nSPS) is 13.6. The van der Waals surface area contributed by atoms with Crippen LogP contribution in [0.4, 0.5) is 13.2 Å². The van der Waals surface area contributed by atoms with Gasteiger partial charge < -0.3 is 9.84 Å². The van der Waals surface area contributed by atoms with Gasteiger partial charge in [-0.25, -0.2) is 4.79 Å². The van der Waals surface area contributed by atoms with E-state index in [1.807, 2.05) is 6.92 Å². The molecule has 0 saturated heterocycles. The number of carbonyl (C=O) groups excluding carboxylic acids is 1. The lowest BCUT2D eigenvalue weighted by atomic mass is 10.2.